The Bertz CT molecular complexity index is 907. The van der Waals surface area contributed by atoms with Gasteiger partial charge in [0.2, 0.25) is 0 Å². The zero-order valence-corrected chi connectivity index (χ0v) is 15.6. The van der Waals surface area contributed by atoms with E-state index in [0.717, 1.165) is 10.9 Å². The molecule has 25 heavy (non-hydrogen) atoms. The van der Waals surface area contributed by atoms with E-state index in [1.165, 1.54) is 12.1 Å². The van der Waals surface area contributed by atoms with Crippen LogP contribution in [0.5, 0.6) is 0 Å². The third-order valence-electron chi connectivity index (χ3n) is 3.66. The number of nitrogens with zero attached hydrogens (tertiary/aromatic N) is 1. The number of sulfonamides is 1. The van der Waals surface area contributed by atoms with Crippen LogP contribution in [0.2, 0.25) is 0 Å². The molecule has 8 heteroatoms. The number of aliphatic imine (C=N–C) groups is 1. The van der Waals surface area contributed by atoms with Gasteiger partial charge in [-0.05, 0) is 55.0 Å². The number of hydrogen-bond acceptors (Lipinski definition) is 4. The van der Waals surface area contributed by atoms with Crippen LogP contribution in [-0.4, -0.2) is 26.7 Å². The fraction of sp³-hybridized carbons (Fsp3) is 0.176. The van der Waals surface area contributed by atoms with E-state index in [1.807, 2.05) is 0 Å². The van der Waals surface area contributed by atoms with Crippen molar-refractivity contribution in [3.8, 4) is 0 Å². The predicted molar refractivity (Wildman–Crippen MR) is 100 cm³/mol. The van der Waals surface area contributed by atoms with E-state index < -0.39 is 10.0 Å². The molecule has 2 aromatic carbocycles. The Hall–Kier alpha value is -2.19. The van der Waals surface area contributed by atoms with Crippen LogP contribution in [0.3, 0.4) is 0 Å². The average molecular weight is 422 g/mol. The van der Waals surface area contributed by atoms with Crippen molar-refractivity contribution in [2.24, 2.45) is 4.99 Å². The van der Waals surface area contributed by atoms with Crippen molar-refractivity contribution in [3.05, 3.63) is 58.6 Å². The van der Waals surface area contributed by atoms with Crippen LogP contribution in [0.1, 0.15) is 23.2 Å². The molecule has 0 radical (unpaired) electrons. The number of anilines is 1. The number of halogens is 1. The molecule has 1 aliphatic heterocycles. The van der Waals surface area contributed by atoms with Crippen LogP contribution < -0.4 is 10.0 Å². The number of nitrogens with one attached hydrogen (secondary N) is 2. The predicted octanol–water partition coefficient (Wildman–Crippen LogP) is 3.17. The van der Waals surface area contributed by atoms with E-state index in [9.17, 15) is 13.2 Å². The molecule has 0 fully saturated rings. The van der Waals surface area contributed by atoms with Crippen LogP contribution in [0.15, 0.2) is 62.9 Å². The van der Waals surface area contributed by atoms with Gasteiger partial charge in [-0.15, -0.1) is 0 Å². The monoisotopic (exact) mass is 421 g/mol. The lowest BCUT2D eigenvalue weighted by atomic mass is 10.2. The van der Waals surface area contributed by atoms with Gasteiger partial charge < -0.3 is 5.32 Å². The van der Waals surface area contributed by atoms with Gasteiger partial charge in [-0.25, -0.2) is 8.42 Å². The Labute approximate surface area is 154 Å². The number of amides is 1. The standard InChI is InChI=1S/C17H16BrN3O3S/c18-13-5-3-12(4-6-13)17(22)20-14-7-9-15(10-8-14)25(23,24)21-16-2-1-11-19-16/h3-10H,1-2,11H2,(H,19,21)(H,20,22). The van der Waals surface area contributed by atoms with Gasteiger partial charge >= 0.3 is 0 Å². The quantitative estimate of drug-likeness (QED) is 0.794. The number of benzene rings is 2. The Morgan fingerprint density at radius 1 is 1.04 bits per heavy atom. The number of amidine groups is 1. The summed E-state index contributed by atoms with van der Waals surface area (Å²) in [6, 6.07) is 13.0. The first kappa shape index (κ1) is 17.6. The molecule has 0 aliphatic carbocycles. The Morgan fingerprint density at radius 2 is 1.72 bits per heavy atom. The summed E-state index contributed by atoms with van der Waals surface area (Å²) >= 11 is 3.32. The van der Waals surface area contributed by atoms with Gasteiger partial charge in [0.25, 0.3) is 15.9 Å². The molecule has 1 aliphatic rings. The second kappa shape index (κ2) is 7.37. The lowest BCUT2D eigenvalue weighted by Gasteiger charge is -2.09. The fourth-order valence-corrected chi connectivity index (χ4v) is 3.71. The normalized spacial score (nSPS) is 14.0. The minimum absolute atomic E-state index is 0.128. The topological polar surface area (TPSA) is 87.6 Å². The molecule has 0 saturated heterocycles. The summed E-state index contributed by atoms with van der Waals surface area (Å²) in [6.45, 7) is 0.652. The number of rotatable bonds is 4. The maximum Gasteiger partial charge on any atom is 0.262 e. The summed E-state index contributed by atoms with van der Waals surface area (Å²) < 4.78 is 28.0. The van der Waals surface area contributed by atoms with Crippen LogP contribution >= 0.6 is 15.9 Å². The van der Waals surface area contributed by atoms with Crippen molar-refractivity contribution in [3.63, 3.8) is 0 Å². The van der Waals surface area contributed by atoms with Gasteiger partial charge in [-0.3, -0.25) is 14.5 Å². The van der Waals surface area contributed by atoms with E-state index in [0.29, 0.717) is 30.1 Å². The molecular formula is C17H16BrN3O3S. The maximum absolute atomic E-state index is 12.3. The summed E-state index contributed by atoms with van der Waals surface area (Å²) in [5.74, 6) is 0.231. The van der Waals surface area contributed by atoms with Crippen LogP contribution in [0, 0.1) is 0 Å². The minimum atomic E-state index is -3.64. The van der Waals surface area contributed by atoms with Gasteiger partial charge in [-0.2, -0.15) is 0 Å². The SMILES string of the molecule is O=C(Nc1ccc(S(=O)(=O)NC2=NCCC2)cc1)c1ccc(Br)cc1. The Balaban J connectivity index is 1.69. The van der Waals surface area contributed by atoms with Crippen molar-refractivity contribution in [2.45, 2.75) is 17.7 Å². The highest BCUT2D eigenvalue weighted by atomic mass is 79.9. The molecule has 3 rings (SSSR count). The Kier molecular flexibility index (Phi) is 5.19. The molecule has 0 spiro atoms. The molecule has 0 aromatic heterocycles. The molecule has 6 nitrogen and oxygen atoms in total. The van der Waals surface area contributed by atoms with E-state index in [2.05, 4.69) is 31.0 Å². The van der Waals surface area contributed by atoms with Crippen LogP contribution in [-0.2, 0) is 10.0 Å². The zero-order valence-electron chi connectivity index (χ0n) is 13.2. The molecule has 130 valence electrons. The number of hydrogen-bond donors (Lipinski definition) is 2. The summed E-state index contributed by atoms with van der Waals surface area (Å²) in [7, 11) is -3.64. The van der Waals surface area contributed by atoms with Crippen molar-refractivity contribution in [1.82, 2.24) is 4.72 Å². The summed E-state index contributed by atoms with van der Waals surface area (Å²) in [5, 5.41) is 2.74. The second-order valence-electron chi connectivity index (χ2n) is 5.52. The molecule has 0 saturated carbocycles. The van der Waals surface area contributed by atoms with Gasteiger partial charge in [-0.1, -0.05) is 15.9 Å². The highest BCUT2D eigenvalue weighted by Crippen LogP contribution is 2.17. The summed E-state index contributed by atoms with van der Waals surface area (Å²) in [6.07, 6.45) is 1.50. The van der Waals surface area contributed by atoms with Gasteiger partial charge in [0.15, 0.2) is 0 Å². The van der Waals surface area contributed by atoms with Gasteiger partial charge in [0.1, 0.15) is 5.84 Å². The molecule has 0 unspecified atom stereocenters. The van der Waals surface area contributed by atoms with Gasteiger partial charge in [0, 0.05) is 28.7 Å². The number of carbonyl (C=O) groups excluding carboxylic acids is 1. The largest absolute Gasteiger partial charge is 0.322 e. The number of carbonyl (C=O) groups is 1. The minimum Gasteiger partial charge on any atom is -0.322 e. The Morgan fingerprint density at radius 3 is 2.32 bits per heavy atom. The van der Waals surface area contributed by atoms with Crippen molar-refractivity contribution < 1.29 is 13.2 Å². The molecule has 1 amide bonds. The molecule has 0 atom stereocenters. The first-order chi connectivity index (χ1) is 11.9. The molecule has 0 bridgehead atoms. The highest BCUT2D eigenvalue weighted by Gasteiger charge is 2.18. The van der Waals surface area contributed by atoms with E-state index in [-0.39, 0.29) is 10.8 Å². The lowest BCUT2D eigenvalue weighted by Crippen LogP contribution is -2.29. The zero-order chi connectivity index (χ0) is 17.9. The van der Waals surface area contributed by atoms with E-state index >= 15 is 0 Å². The lowest BCUT2D eigenvalue weighted by molar-refractivity contribution is 0.102. The maximum atomic E-state index is 12.3. The molecule has 1 heterocycles. The molecule has 2 N–H and O–H groups in total. The third-order valence-corrected chi connectivity index (χ3v) is 5.58. The second-order valence-corrected chi connectivity index (χ2v) is 8.12. The summed E-state index contributed by atoms with van der Waals surface area (Å²) in [5.41, 5.74) is 1.03. The average Bonchev–Trinajstić information content (AvgIpc) is 3.08. The summed E-state index contributed by atoms with van der Waals surface area (Å²) in [4.78, 5) is 16.4. The highest BCUT2D eigenvalue weighted by molar-refractivity contribution is 9.10. The van der Waals surface area contributed by atoms with E-state index in [1.54, 1.807) is 36.4 Å². The first-order valence-corrected chi connectivity index (χ1v) is 9.95. The van der Waals surface area contributed by atoms with Crippen molar-refractivity contribution in [1.29, 1.82) is 0 Å². The molecular weight excluding hydrogens is 406 g/mol. The van der Waals surface area contributed by atoms with Crippen LogP contribution in [0.4, 0.5) is 5.69 Å². The fourth-order valence-electron chi connectivity index (χ4n) is 2.36. The van der Waals surface area contributed by atoms with Gasteiger partial charge in [0.05, 0.1) is 4.90 Å². The van der Waals surface area contributed by atoms with Crippen molar-refractivity contribution >= 4 is 43.4 Å². The van der Waals surface area contributed by atoms with E-state index in [4.69, 9.17) is 0 Å². The third kappa shape index (κ3) is 4.46. The van der Waals surface area contributed by atoms with Crippen molar-refractivity contribution in [2.75, 3.05) is 11.9 Å². The first-order valence-electron chi connectivity index (χ1n) is 7.67. The smallest absolute Gasteiger partial charge is 0.262 e. The molecule has 2 aromatic rings. The van der Waals surface area contributed by atoms with Crippen LogP contribution in [0.25, 0.3) is 0 Å².